The first kappa shape index (κ1) is 14.6. The van der Waals surface area contributed by atoms with E-state index in [0.717, 1.165) is 11.1 Å². The Hall–Kier alpha value is -2.34. The van der Waals surface area contributed by atoms with Crippen LogP contribution in [0.25, 0.3) is 5.57 Å². The number of fused-ring (bicyclic) bond motifs is 1. The largest absolute Gasteiger partial charge is 0.534 e. The molecule has 0 atom stereocenters. The van der Waals surface area contributed by atoms with E-state index in [4.69, 9.17) is 16.3 Å². The molecule has 2 amide bonds. The average molecular weight is 322 g/mol. The van der Waals surface area contributed by atoms with Crippen LogP contribution in [-0.2, 0) is 25.6 Å². The first-order chi connectivity index (χ1) is 10.6. The molecular formula is C15H12ClNO5. The molecule has 22 heavy (non-hydrogen) atoms. The molecule has 3 rings (SSSR count). The maximum Gasteiger partial charge on any atom is 0.534 e. The monoisotopic (exact) mass is 321 g/mol. The van der Waals surface area contributed by atoms with Crippen molar-refractivity contribution in [1.82, 2.24) is 5.06 Å². The molecule has 0 unspecified atom stereocenters. The fourth-order valence-corrected chi connectivity index (χ4v) is 2.74. The van der Waals surface area contributed by atoms with Crippen molar-refractivity contribution in [1.29, 1.82) is 0 Å². The summed E-state index contributed by atoms with van der Waals surface area (Å²) >= 11 is 6.17. The van der Waals surface area contributed by atoms with Gasteiger partial charge in [-0.05, 0) is 11.1 Å². The first-order valence-electron chi connectivity index (χ1n) is 6.72. The second kappa shape index (κ2) is 5.81. The number of imide groups is 1. The van der Waals surface area contributed by atoms with Gasteiger partial charge in [0.1, 0.15) is 6.61 Å². The van der Waals surface area contributed by atoms with Gasteiger partial charge in [-0.15, -0.1) is 0 Å². The second-order valence-electron chi connectivity index (χ2n) is 4.93. The Morgan fingerprint density at radius 1 is 1.18 bits per heavy atom. The van der Waals surface area contributed by atoms with Crippen LogP contribution in [0, 0.1) is 0 Å². The number of nitrogens with zero attached hydrogens (tertiary/aromatic N) is 1. The van der Waals surface area contributed by atoms with Gasteiger partial charge in [0.05, 0.1) is 0 Å². The van der Waals surface area contributed by atoms with Gasteiger partial charge in [0.15, 0.2) is 0 Å². The lowest BCUT2D eigenvalue weighted by Crippen LogP contribution is -2.32. The number of hydrogen-bond donors (Lipinski definition) is 0. The number of hydrogen-bond acceptors (Lipinski definition) is 5. The van der Waals surface area contributed by atoms with Gasteiger partial charge in [-0.2, -0.15) is 0 Å². The molecule has 1 saturated heterocycles. The van der Waals surface area contributed by atoms with Gasteiger partial charge in [0, 0.05) is 29.9 Å². The van der Waals surface area contributed by atoms with Crippen LogP contribution in [0.15, 0.2) is 29.3 Å². The van der Waals surface area contributed by atoms with Gasteiger partial charge < -0.3 is 4.74 Å². The number of carbonyl (C=O) groups excluding carboxylic acids is 3. The molecule has 1 aromatic rings. The third-order valence-corrected chi connectivity index (χ3v) is 3.88. The summed E-state index contributed by atoms with van der Waals surface area (Å²) in [4.78, 5) is 38.9. The van der Waals surface area contributed by atoms with Crippen LogP contribution in [0.1, 0.15) is 24.0 Å². The molecule has 0 aromatic heterocycles. The lowest BCUT2D eigenvalue weighted by atomic mass is 10.1. The molecule has 1 aliphatic carbocycles. The van der Waals surface area contributed by atoms with E-state index < -0.39 is 18.0 Å². The third-order valence-electron chi connectivity index (χ3n) is 3.52. The fourth-order valence-electron chi connectivity index (χ4n) is 2.43. The third kappa shape index (κ3) is 2.69. The standard InChI is InChI=1S/C15H12ClNO5/c16-12-7-9-3-1-2-4-10(9)11(12)8-21-15(20)22-17-13(18)5-6-14(17)19/h1-4H,5-8H2. The van der Waals surface area contributed by atoms with Crippen molar-refractivity contribution in [2.75, 3.05) is 6.61 Å². The summed E-state index contributed by atoms with van der Waals surface area (Å²) in [5, 5.41) is 1.04. The highest BCUT2D eigenvalue weighted by Crippen LogP contribution is 2.34. The Kier molecular flexibility index (Phi) is 3.85. The van der Waals surface area contributed by atoms with Crippen LogP contribution in [0.3, 0.4) is 0 Å². The van der Waals surface area contributed by atoms with Gasteiger partial charge in [-0.3, -0.25) is 14.4 Å². The molecule has 1 aliphatic heterocycles. The van der Waals surface area contributed by atoms with Crippen molar-refractivity contribution in [2.24, 2.45) is 0 Å². The van der Waals surface area contributed by atoms with Gasteiger partial charge in [-0.25, -0.2) is 4.79 Å². The van der Waals surface area contributed by atoms with Gasteiger partial charge in [-0.1, -0.05) is 40.9 Å². The number of ether oxygens (including phenoxy) is 1. The van der Waals surface area contributed by atoms with Crippen molar-refractivity contribution in [2.45, 2.75) is 19.3 Å². The highest BCUT2D eigenvalue weighted by atomic mass is 35.5. The molecule has 114 valence electrons. The first-order valence-corrected chi connectivity index (χ1v) is 7.10. The molecule has 1 fully saturated rings. The van der Waals surface area contributed by atoms with Gasteiger partial charge in [0.25, 0.3) is 11.8 Å². The van der Waals surface area contributed by atoms with Gasteiger partial charge >= 0.3 is 6.16 Å². The summed E-state index contributed by atoms with van der Waals surface area (Å²) in [5.41, 5.74) is 2.69. The van der Waals surface area contributed by atoms with E-state index in [2.05, 4.69) is 4.84 Å². The smallest absolute Gasteiger partial charge is 0.428 e. The predicted molar refractivity (Wildman–Crippen MR) is 76.4 cm³/mol. The molecule has 0 bridgehead atoms. The zero-order chi connectivity index (χ0) is 15.7. The Labute approximate surface area is 131 Å². The molecule has 0 spiro atoms. The highest BCUT2D eigenvalue weighted by molar-refractivity contribution is 6.33. The Morgan fingerprint density at radius 3 is 2.59 bits per heavy atom. The van der Waals surface area contributed by atoms with E-state index >= 15 is 0 Å². The number of allylic oxidation sites excluding steroid dienone is 1. The van der Waals surface area contributed by atoms with Crippen molar-refractivity contribution < 1.29 is 24.0 Å². The number of hydroxylamine groups is 2. The number of amides is 2. The van der Waals surface area contributed by atoms with Crippen molar-refractivity contribution in [3.05, 3.63) is 40.4 Å². The summed E-state index contributed by atoms with van der Waals surface area (Å²) < 4.78 is 4.96. The van der Waals surface area contributed by atoms with Crippen LogP contribution in [0.2, 0.25) is 0 Å². The summed E-state index contributed by atoms with van der Waals surface area (Å²) in [6.45, 7) is -0.0785. The van der Waals surface area contributed by atoms with Crippen LogP contribution in [0.4, 0.5) is 4.79 Å². The summed E-state index contributed by atoms with van der Waals surface area (Å²) in [6, 6.07) is 7.62. The van der Waals surface area contributed by atoms with E-state index in [0.29, 0.717) is 22.1 Å². The Morgan fingerprint density at radius 2 is 1.86 bits per heavy atom. The van der Waals surface area contributed by atoms with Crippen LogP contribution in [-0.4, -0.2) is 29.6 Å². The van der Waals surface area contributed by atoms with Crippen LogP contribution < -0.4 is 0 Å². The number of benzene rings is 1. The van der Waals surface area contributed by atoms with E-state index in [1.165, 1.54) is 0 Å². The SMILES string of the molecule is O=C(OCC1=C(Cl)Cc2ccccc21)ON1C(=O)CCC1=O. The molecule has 7 heteroatoms. The van der Waals surface area contributed by atoms with Crippen LogP contribution in [0.5, 0.6) is 0 Å². The molecule has 0 saturated carbocycles. The number of halogens is 1. The van der Waals surface area contributed by atoms with Crippen molar-refractivity contribution in [3.8, 4) is 0 Å². The summed E-state index contributed by atoms with van der Waals surface area (Å²) in [7, 11) is 0. The average Bonchev–Trinajstić information content (AvgIpc) is 2.98. The van der Waals surface area contributed by atoms with Crippen molar-refractivity contribution in [3.63, 3.8) is 0 Å². The lowest BCUT2D eigenvalue weighted by molar-refractivity contribution is -0.176. The molecule has 6 nitrogen and oxygen atoms in total. The quantitative estimate of drug-likeness (QED) is 0.631. The normalized spacial score (nSPS) is 17.0. The zero-order valence-electron chi connectivity index (χ0n) is 11.5. The lowest BCUT2D eigenvalue weighted by Gasteiger charge is -2.13. The molecule has 0 N–H and O–H groups in total. The molecule has 2 aliphatic rings. The Balaban J connectivity index is 1.61. The minimum atomic E-state index is -1.11. The molecular weight excluding hydrogens is 310 g/mol. The minimum absolute atomic E-state index is 0.0382. The summed E-state index contributed by atoms with van der Waals surface area (Å²) in [6.07, 6.45) is -0.438. The topological polar surface area (TPSA) is 72.9 Å². The van der Waals surface area contributed by atoms with E-state index in [9.17, 15) is 14.4 Å². The second-order valence-corrected chi connectivity index (χ2v) is 5.39. The van der Waals surface area contributed by atoms with E-state index in [1.807, 2.05) is 24.3 Å². The van der Waals surface area contributed by atoms with E-state index in [-0.39, 0.29) is 19.4 Å². The minimum Gasteiger partial charge on any atom is -0.428 e. The zero-order valence-corrected chi connectivity index (χ0v) is 12.3. The summed E-state index contributed by atoms with van der Waals surface area (Å²) in [5.74, 6) is -1.10. The molecule has 0 radical (unpaired) electrons. The Bertz CT molecular complexity index is 681. The highest BCUT2D eigenvalue weighted by Gasteiger charge is 2.33. The maximum absolute atomic E-state index is 11.6. The number of rotatable bonds is 3. The number of carbonyl (C=O) groups is 3. The van der Waals surface area contributed by atoms with Crippen molar-refractivity contribution >= 4 is 35.1 Å². The predicted octanol–water partition coefficient (Wildman–Crippen LogP) is 2.41. The van der Waals surface area contributed by atoms with Crippen LogP contribution >= 0.6 is 11.6 Å². The van der Waals surface area contributed by atoms with E-state index in [1.54, 1.807) is 0 Å². The van der Waals surface area contributed by atoms with Gasteiger partial charge in [0.2, 0.25) is 0 Å². The molecule has 1 heterocycles. The molecule has 1 aromatic carbocycles. The maximum atomic E-state index is 11.6. The fraction of sp³-hybridized carbons (Fsp3) is 0.267.